The Morgan fingerprint density at radius 3 is 2.61 bits per heavy atom. The summed E-state index contributed by atoms with van der Waals surface area (Å²) < 4.78 is 37.1. The Morgan fingerprint density at radius 1 is 1.43 bits per heavy atom. The van der Waals surface area contributed by atoms with Crippen molar-refractivity contribution in [1.29, 1.82) is 0 Å². The van der Waals surface area contributed by atoms with Gasteiger partial charge in [-0.25, -0.2) is 8.78 Å². The highest BCUT2D eigenvalue weighted by atomic mass is 19.3. The lowest BCUT2D eigenvalue weighted by Gasteiger charge is -2.34. The summed E-state index contributed by atoms with van der Waals surface area (Å²) >= 11 is 0. The van der Waals surface area contributed by atoms with Crippen LogP contribution in [0.4, 0.5) is 8.78 Å². The van der Waals surface area contributed by atoms with Crippen molar-refractivity contribution >= 4 is 5.91 Å². The average molecular weight is 330 g/mol. The van der Waals surface area contributed by atoms with Crippen LogP contribution < -0.4 is 0 Å². The highest BCUT2D eigenvalue weighted by Gasteiger charge is 2.37. The number of hydrogen-bond acceptors (Lipinski definition) is 4. The third-order valence-electron chi connectivity index (χ3n) is 3.98. The van der Waals surface area contributed by atoms with Gasteiger partial charge in [0.05, 0.1) is 5.60 Å². The molecule has 0 atom stereocenters. The molecule has 0 aliphatic heterocycles. The minimum atomic E-state index is -2.61. The van der Waals surface area contributed by atoms with E-state index < -0.39 is 5.92 Å². The SMILES string of the molecule is CN(C(=O)c1cc(COC(C)(C)C)on1)C1CCC(F)(F)CC1. The number of alkyl halides is 2. The zero-order valence-corrected chi connectivity index (χ0v) is 14.1. The zero-order valence-electron chi connectivity index (χ0n) is 14.1. The Labute approximate surface area is 135 Å². The third kappa shape index (κ3) is 4.99. The van der Waals surface area contributed by atoms with Crippen molar-refractivity contribution in [2.24, 2.45) is 0 Å². The third-order valence-corrected chi connectivity index (χ3v) is 3.98. The van der Waals surface area contributed by atoms with Gasteiger partial charge in [-0.15, -0.1) is 0 Å². The van der Waals surface area contributed by atoms with E-state index in [2.05, 4.69) is 5.16 Å². The molecule has 0 spiro atoms. The van der Waals surface area contributed by atoms with E-state index in [0.717, 1.165) is 0 Å². The van der Waals surface area contributed by atoms with Gasteiger partial charge >= 0.3 is 0 Å². The van der Waals surface area contributed by atoms with Crippen molar-refractivity contribution in [2.45, 2.75) is 70.6 Å². The van der Waals surface area contributed by atoms with Gasteiger partial charge in [-0.2, -0.15) is 0 Å². The molecule has 130 valence electrons. The molecule has 0 saturated heterocycles. The molecule has 0 N–H and O–H groups in total. The van der Waals surface area contributed by atoms with Gasteiger partial charge < -0.3 is 14.2 Å². The van der Waals surface area contributed by atoms with E-state index in [4.69, 9.17) is 9.26 Å². The van der Waals surface area contributed by atoms with E-state index in [1.807, 2.05) is 20.8 Å². The Bertz CT molecular complexity index is 542. The molecule has 5 nitrogen and oxygen atoms in total. The maximum atomic E-state index is 13.2. The van der Waals surface area contributed by atoms with Crippen LogP contribution in [0.2, 0.25) is 0 Å². The van der Waals surface area contributed by atoms with Gasteiger partial charge in [0.15, 0.2) is 11.5 Å². The van der Waals surface area contributed by atoms with Gasteiger partial charge in [0.2, 0.25) is 5.92 Å². The number of carbonyl (C=O) groups excluding carboxylic acids is 1. The van der Waals surface area contributed by atoms with Crippen LogP contribution in [0, 0.1) is 0 Å². The summed E-state index contributed by atoms with van der Waals surface area (Å²) in [6, 6.07) is 1.36. The number of carbonyl (C=O) groups is 1. The molecule has 0 radical (unpaired) electrons. The molecule has 0 unspecified atom stereocenters. The van der Waals surface area contributed by atoms with Gasteiger partial charge in [-0.05, 0) is 33.6 Å². The Morgan fingerprint density at radius 2 is 2.04 bits per heavy atom. The standard InChI is InChI=1S/C16H24F2N2O3/c1-15(2,3)22-10-12-9-13(19-23-12)14(21)20(4)11-5-7-16(17,18)8-6-11/h9,11H,5-8,10H2,1-4H3. The van der Waals surface area contributed by atoms with Crippen molar-refractivity contribution in [3.63, 3.8) is 0 Å². The lowest BCUT2D eigenvalue weighted by molar-refractivity contribution is -0.0491. The minimum absolute atomic E-state index is 0.178. The van der Waals surface area contributed by atoms with Crippen molar-refractivity contribution < 1.29 is 22.8 Å². The summed E-state index contributed by atoms with van der Waals surface area (Å²) in [6.07, 6.45) is 0.234. The first-order chi connectivity index (χ1) is 10.6. The van der Waals surface area contributed by atoms with Gasteiger partial charge in [0.25, 0.3) is 5.91 Å². The van der Waals surface area contributed by atoms with E-state index >= 15 is 0 Å². The Kier molecular flexibility index (Phi) is 5.08. The highest BCUT2D eigenvalue weighted by molar-refractivity contribution is 5.92. The van der Waals surface area contributed by atoms with Crippen LogP contribution in [-0.4, -0.2) is 40.6 Å². The molecule has 1 saturated carbocycles. The van der Waals surface area contributed by atoms with Crippen molar-refractivity contribution in [2.75, 3.05) is 7.05 Å². The molecule has 7 heteroatoms. The van der Waals surface area contributed by atoms with Crippen LogP contribution in [0.5, 0.6) is 0 Å². The molecule has 0 bridgehead atoms. The van der Waals surface area contributed by atoms with Crippen LogP contribution >= 0.6 is 0 Å². The van der Waals surface area contributed by atoms with Crippen molar-refractivity contribution in [1.82, 2.24) is 10.1 Å². The van der Waals surface area contributed by atoms with Crippen LogP contribution in [-0.2, 0) is 11.3 Å². The number of hydrogen-bond donors (Lipinski definition) is 0. The van der Waals surface area contributed by atoms with Crippen LogP contribution in [0.3, 0.4) is 0 Å². The number of amides is 1. The first-order valence-electron chi connectivity index (χ1n) is 7.82. The number of nitrogens with zero attached hydrogens (tertiary/aromatic N) is 2. The summed E-state index contributed by atoms with van der Waals surface area (Å²) in [5.74, 6) is -2.45. The summed E-state index contributed by atoms with van der Waals surface area (Å²) in [5, 5.41) is 3.77. The Hall–Kier alpha value is -1.50. The molecule has 1 amide bonds. The second kappa shape index (κ2) is 6.55. The number of ether oxygens (including phenoxy) is 1. The lowest BCUT2D eigenvalue weighted by atomic mass is 9.91. The van der Waals surface area contributed by atoms with E-state index in [-0.39, 0.29) is 42.7 Å². The predicted molar refractivity (Wildman–Crippen MR) is 80.3 cm³/mol. The fourth-order valence-corrected chi connectivity index (χ4v) is 2.53. The molecule has 1 aromatic rings. The van der Waals surface area contributed by atoms with E-state index in [1.54, 1.807) is 13.1 Å². The topological polar surface area (TPSA) is 55.6 Å². The van der Waals surface area contributed by atoms with E-state index in [0.29, 0.717) is 18.6 Å². The van der Waals surface area contributed by atoms with Gasteiger partial charge in [0.1, 0.15) is 6.61 Å². The number of halogens is 2. The molecular formula is C16H24F2N2O3. The van der Waals surface area contributed by atoms with Gasteiger partial charge in [-0.1, -0.05) is 5.16 Å². The largest absolute Gasteiger partial charge is 0.368 e. The van der Waals surface area contributed by atoms with E-state index in [9.17, 15) is 13.6 Å². The van der Waals surface area contributed by atoms with Crippen molar-refractivity contribution in [3.8, 4) is 0 Å². The minimum Gasteiger partial charge on any atom is -0.368 e. The lowest BCUT2D eigenvalue weighted by Crippen LogP contribution is -2.41. The monoisotopic (exact) mass is 330 g/mol. The summed E-state index contributed by atoms with van der Waals surface area (Å²) in [5.41, 5.74) is -0.140. The first kappa shape index (κ1) is 17.8. The van der Waals surface area contributed by atoms with E-state index in [1.165, 1.54) is 4.90 Å². The fraction of sp³-hybridized carbons (Fsp3) is 0.750. The molecule has 0 aromatic carbocycles. The molecule has 1 fully saturated rings. The van der Waals surface area contributed by atoms with Gasteiger partial charge in [-0.3, -0.25) is 4.79 Å². The zero-order chi connectivity index (χ0) is 17.3. The molecule has 23 heavy (non-hydrogen) atoms. The molecule has 1 aromatic heterocycles. The number of aromatic nitrogens is 1. The van der Waals surface area contributed by atoms with Crippen LogP contribution in [0.25, 0.3) is 0 Å². The highest BCUT2D eigenvalue weighted by Crippen LogP contribution is 2.35. The maximum Gasteiger partial charge on any atom is 0.276 e. The Balaban J connectivity index is 1.94. The first-order valence-corrected chi connectivity index (χ1v) is 7.82. The second-order valence-electron chi connectivity index (χ2n) is 7.08. The van der Waals surface area contributed by atoms with Gasteiger partial charge in [0, 0.05) is 32.0 Å². The van der Waals surface area contributed by atoms with Crippen molar-refractivity contribution in [3.05, 3.63) is 17.5 Å². The van der Waals surface area contributed by atoms with Crippen LogP contribution in [0.15, 0.2) is 10.6 Å². The fourth-order valence-electron chi connectivity index (χ4n) is 2.53. The predicted octanol–water partition coefficient (Wildman–Crippen LogP) is 3.64. The summed E-state index contributed by atoms with van der Waals surface area (Å²) in [7, 11) is 1.62. The summed E-state index contributed by atoms with van der Waals surface area (Å²) in [4.78, 5) is 13.9. The smallest absolute Gasteiger partial charge is 0.276 e. The summed E-state index contributed by atoms with van der Waals surface area (Å²) in [6.45, 7) is 5.98. The molecular weight excluding hydrogens is 306 g/mol. The maximum absolute atomic E-state index is 13.2. The molecule has 1 heterocycles. The van der Waals surface area contributed by atoms with Crippen LogP contribution in [0.1, 0.15) is 62.7 Å². The molecule has 1 aliphatic rings. The molecule has 1 aliphatic carbocycles. The second-order valence-corrected chi connectivity index (χ2v) is 7.08. The normalized spacial score (nSPS) is 18.9. The number of rotatable bonds is 4. The quantitative estimate of drug-likeness (QED) is 0.846. The molecule has 2 rings (SSSR count). The average Bonchev–Trinajstić information content (AvgIpc) is 2.92.